The average molecular weight is 368 g/mol. The Hall–Kier alpha value is -0.990. The molecule has 8 heteroatoms. The molecule has 1 aromatic carbocycles. The molecular formula is C12H15BrFNO4S. The zero-order valence-corrected chi connectivity index (χ0v) is 13.3. The van der Waals surface area contributed by atoms with Crippen molar-refractivity contribution >= 4 is 31.9 Å². The van der Waals surface area contributed by atoms with Crippen LogP contribution >= 0.6 is 15.9 Å². The van der Waals surface area contributed by atoms with Gasteiger partial charge in [0.25, 0.3) is 0 Å². The molecule has 2 atom stereocenters. The maximum atomic E-state index is 13.4. The van der Waals surface area contributed by atoms with Gasteiger partial charge in [0.1, 0.15) is 11.9 Å². The van der Waals surface area contributed by atoms with Gasteiger partial charge in [0.15, 0.2) is 0 Å². The third-order valence-electron chi connectivity index (χ3n) is 2.96. The zero-order chi connectivity index (χ0) is 15.5. The molecule has 5 nitrogen and oxygen atoms in total. The summed E-state index contributed by atoms with van der Waals surface area (Å²) in [4.78, 5) is 10.8. The molecule has 0 aliphatic rings. The van der Waals surface area contributed by atoms with Crippen LogP contribution in [0.25, 0.3) is 0 Å². The Kier molecular flexibility index (Phi) is 5.67. The molecular weight excluding hydrogens is 353 g/mol. The second-order valence-corrected chi connectivity index (χ2v) is 6.97. The summed E-state index contributed by atoms with van der Waals surface area (Å²) < 4.78 is 39.8. The first-order valence-electron chi connectivity index (χ1n) is 5.89. The summed E-state index contributed by atoms with van der Waals surface area (Å²) in [6.45, 7) is 3.39. The summed E-state index contributed by atoms with van der Waals surface area (Å²) in [6, 6.07) is 2.03. The fourth-order valence-electron chi connectivity index (χ4n) is 1.52. The van der Waals surface area contributed by atoms with Gasteiger partial charge < -0.3 is 5.11 Å². The molecule has 20 heavy (non-hydrogen) atoms. The van der Waals surface area contributed by atoms with Crippen molar-refractivity contribution in [1.29, 1.82) is 0 Å². The lowest BCUT2D eigenvalue weighted by atomic mass is 10.0. The van der Waals surface area contributed by atoms with Gasteiger partial charge in [0, 0.05) is 0 Å². The van der Waals surface area contributed by atoms with E-state index in [1.54, 1.807) is 13.8 Å². The van der Waals surface area contributed by atoms with Crippen LogP contribution in [0.1, 0.15) is 20.3 Å². The molecule has 0 aliphatic carbocycles. The van der Waals surface area contributed by atoms with Gasteiger partial charge in [0.2, 0.25) is 10.0 Å². The molecule has 1 aromatic rings. The third kappa shape index (κ3) is 4.00. The Morgan fingerprint density at radius 3 is 2.55 bits per heavy atom. The predicted molar refractivity (Wildman–Crippen MR) is 75.3 cm³/mol. The Labute approximate surface area is 125 Å². The quantitative estimate of drug-likeness (QED) is 0.808. The van der Waals surface area contributed by atoms with Crippen molar-refractivity contribution in [3.05, 3.63) is 28.5 Å². The molecule has 0 saturated heterocycles. The maximum Gasteiger partial charge on any atom is 0.322 e. The predicted octanol–water partition coefficient (Wildman–Crippen LogP) is 2.37. The van der Waals surface area contributed by atoms with Crippen molar-refractivity contribution in [1.82, 2.24) is 4.72 Å². The highest BCUT2D eigenvalue weighted by Gasteiger charge is 2.29. The molecule has 0 aliphatic heterocycles. The molecule has 112 valence electrons. The lowest BCUT2D eigenvalue weighted by molar-refractivity contribution is -0.140. The van der Waals surface area contributed by atoms with Gasteiger partial charge in [-0.05, 0) is 40.0 Å². The molecule has 0 aromatic heterocycles. The lowest BCUT2D eigenvalue weighted by Crippen LogP contribution is -2.44. The average Bonchev–Trinajstić information content (AvgIpc) is 2.38. The van der Waals surface area contributed by atoms with Crippen molar-refractivity contribution < 1.29 is 22.7 Å². The topological polar surface area (TPSA) is 83.5 Å². The van der Waals surface area contributed by atoms with Crippen molar-refractivity contribution in [3.8, 4) is 0 Å². The van der Waals surface area contributed by atoms with E-state index >= 15 is 0 Å². The van der Waals surface area contributed by atoms with Crippen LogP contribution in [0.3, 0.4) is 0 Å². The van der Waals surface area contributed by atoms with Crippen LogP contribution < -0.4 is 4.72 Å². The largest absolute Gasteiger partial charge is 0.480 e. The van der Waals surface area contributed by atoms with Crippen LogP contribution in [0.4, 0.5) is 4.39 Å². The standard InChI is InChI=1S/C12H15BrFNO4S/c1-3-7(2)11(12(16)17)15-20(18,19)8-4-5-9(13)10(14)6-8/h4-7,11,15H,3H2,1-2H3,(H,16,17)/t7?,11-/m0/s1. The van der Waals surface area contributed by atoms with E-state index in [0.717, 1.165) is 6.07 Å². The third-order valence-corrected chi connectivity index (χ3v) is 5.04. The van der Waals surface area contributed by atoms with E-state index < -0.39 is 27.9 Å². The highest BCUT2D eigenvalue weighted by Crippen LogP contribution is 2.20. The van der Waals surface area contributed by atoms with Crippen molar-refractivity contribution in [2.24, 2.45) is 5.92 Å². The van der Waals surface area contributed by atoms with E-state index in [9.17, 15) is 17.6 Å². The number of rotatable bonds is 6. The van der Waals surface area contributed by atoms with E-state index in [-0.39, 0.29) is 15.3 Å². The monoisotopic (exact) mass is 367 g/mol. The summed E-state index contributed by atoms with van der Waals surface area (Å²) >= 11 is 2.92. The van der Waals surface area contributed by atoms with Crippen LogP contribution in [0.2, 0.25) is 0 Å². The number of carbonyl (C=O) groups is 1. The zero-order valence-electron chi connectivity index (χ0n) is 10.9. The van der Waals surface area contributed by atoms with Gasteiger partial charge in [-0.15, -0.1) is 0 Å². The number of carboxylic acids is 1. The van der Waals surface area contributed by atoms with Crippen LogP contribution in [0, 0.1) is 11.7 Å². The number of nitrogens with one attached hydrogen (secondary N) is 1. The molecule has 1 rings (SSSR count). The number of hydrogen-bond donors (Lipinski definition) is 2. The minimum absolute atomic E-state index is 0.133. The van der Waals surface area contributed by atoms with Gasteiger partial charge >= 0.3 is 5.97 Å². The Bertz CT molecular complexity index is 605. The first-order chi connectivity index (χ1) is 9.19. The first-order valence-corrected chi connectivity index (χ1v) is 8.16. The Morgan fingerprint density at radius 2 is 2.10 bits per heavy atom. The SMILES string of the molecule is CCC(C)[C@H](NS(=O)(=O)c1ccc(Br)c(F)c1)C(=O)O. The normalized spacial score (nSPS) is 14.8. The van der Waals surface area contributed by atoms with E-state index in [2.05, 4.69) is 20.7 Å². The first kappa shape index (κ1) is 17.1. The van der Waals surface area contributed by atoms with Gasteiger partial charge in [-0.1, -0.05) is 20.3 Å². The highest BCUT2D eigenvalue weighted by atomic mass is 79.9. The van der Waals surface area contributed by atoms with Crippen LogP contribution in [0.5, 0.6) is 0 Å². The fourth-order valence-corrected chi connectivity index (χ4v) is 3.08. The van der Waals surface area contributed by atoms with E-state index in [1.165, 1.54) is 12.1 Å². The van der Waals surface area contributed by atoms with Crippen molar-refractivity contribution in [2.45, 2.75) is 31.2 Å². The van der Waals surface area contributed by atoms with Crippen LogP contribution in [-0.2, 0) is 14.8 Å². The Balaban J connectivity index is 3.09. The van der Waals surface area contributed by atoms with Gasteiger partial charge in [0.05, 0.1) is 9.37 Å². The highest BCUT2D eigenvalue weighted by molar-refractivity contribution is 9.10. The molecule has 0 saturated carbocycles. The van der Waals surface area contributed by atoms with Crippen LogP contribution in [0.15, 0.2) is 27.6 Å². The van der Waals surface area contributed by atoms with Gasteiger partial charge in [-0.2, -0.15) is 4.72 Å². The number of halogens is 2. The molecule has 0 bridgehead atoms. The lowest BCUT2D eigenvalue weighted by Gasteiger charge is -2.20. The Morgan fingerprint density at radius 1 is 1.50 bits per heavy atom. The number of carboxylic acid groups (broad SMARTS) is 1. The van der Waals surface area contributed by atoms with E-state index in [4.69, 9.17) is 5.11 Å². The molecule has 0 amide bonds. The summed E-state index contributed by atoms with van der Waals surface area (Å²) in [7, 11) is -4.09. The fraction of sp³-hybridized carbons (Fsp3) is 0.417. The summed E-state index contributed by atoms with van der Waals surface area (Å²) in [5, 5.41) is 9.08. The minimum Gasteiger partial charge on any atom is -0.480 e. The second kappa shape index (κ2) is 6.64. The molecule has 0 spiro atoms. The summed E-state index contributed by atoms with van der Waals surface area (Å²) in [6.07, 6.45) is 0.494. The molecule has 0 radical (unpaired) electrons. The van der Waals surface area contributed by atoms with Gasteiger partial charge in [-0.25, -0.2) is 12.8 Å². The number of benzene rings is 1. The number of aliphatic carboxylic acids is 1. The molecule has 0 fully saturated rings. The smallest absolute Gasteiger partial charge is 0.322 e. The minimum atomic E-state index is -4.09. The number of hydrogen-bond acceptors (Lipinski definition) is 3. The van der Waals surface area contributed by atoms with E-state index in [1.807, 2.05) is 0 Å². The molecule has 1 unspecified atom stereocenters. The van der Waals surface area contributed by atoms with Crippen LogP contribution in [-0.4, -0.2) is 25.5 Å². The second-order valence-electron chi connectivity index (χ2n) is 4.40. The molecule has 0 heterocycles. The molecule has 2 N–H and O–H groups in total. The summed E-state index contributed by atoms with van der Waals surface area (Å²) in [5.74, 6) is -2.38. The van der Waals surface area contributed by atoms with Crippen molar-refractivity contribution in [3.63, 3.8) is 0 Å². The summed E-state index contributed by atoms with van der Waals surface area (Å²) in [5.41, 5.74) is 0. The van der Waals surface area contributed by atoms with E-state index in [0.29, 0.717) is 6.42 Å². The van der Waals surface area contributed by atoms with Crippen molar-refractivity contribution in [2.75, 3.05) is 0 Å². The van der Waals surface area contributed by atoms with Gasteiger partial charge in [-0.3, -0.25) is 4.79 Å². The number of sulfonamides is 1. The maximum absolute atomic E-state index is 13.4.